The first-order valence-electron chi connectivity index (χ1n) is 3.96. The topological polar surface area (TPSA) is 33.4 Å². The van der Waals surface area contributed by atoms with Crippen LogP contribution in [0.3, 0.4) is 0 Å². The number of hydrogen-bond donors (Lipinski definition) is 0. The summed E-state index contributed by atoms with van der Waals surface area (Å²) in [4.78, 5) is 6.13. The van der Waals surface area contributed by atoms with Gasteiger partial charge in [0.25, 0.3) is 0 Å². The van der Waals surface area contributed by atoms with E-state index in [1.54, 1.807) is 12.5 Å². The largest absolute Gasteiger partial charge is 0.369 e. The van der Waals surface area contributed by atoms with Crippen molar-refractivity contribution in [2.75, 3.05) is 14.1 Å². The molecule has 0 aliphatic carbocycles. The Bertz CT molecular complexity index is 262. The molecule has 0 aromatic carbocycles. The summed E-state index contributed by atoms with van der Waals surface area (Å²) in [6.07, 6.45) is 3.52. The Morgan fingerprint density at radius 2 is 2.42 bits per heavy atom. The summed E-state index contributed by atoms with van der Waals surface area (Å²) in [7, 11) is 3.88. The Labute approximate surface area is 72.5 Å². The standard InChI is InChI=1S/C8H14N4/c1-4-12-8(5-6-10-12)9-7-11(2)3/h5-7H,4H2,1-3H3. The number of rotatable bonds is 3. The lowest BCUT2D eigenvalue weighted by atomic mass is 10.6. The molecule has 0 N–H and O–H groups in total. The zero-order chi connectivity index (χ0) is 8.97. The average molecular weight is 166 g/mol. The molecule has 0 unspecified atom stereocenters. The van der Waals surface area contributed by atoms with Gasteiger partial charge in [0.05, 0.1) is 12.5 Å². The number of aryl methyl sites for hydroxylation is 1. The van der Waals surface area contributed by atoms with Gasteiger partial charge in [-0.1, -0.05) is 0 Å². The third-order valence-electron chi connectivity index (χ3n) is 1.41. The molecule has 12 heavy (non-hydrogen) atoms. The highest BCUT2D eigenvalue weighted by Crippen LogP contribution is 2.08. The van der Waals surface area contributed by atoms with E-state index in [-0.39, 0.29) is 0 Å². The minimum absolute atomic E-state index is 0.854. The minimum atomic E-state index is 0.854. The third-order valence-corrected chi connectivity index (χ3v) is 1.41. The van der Waals surface area contributed by atoms with Gasteiger partial charge in [-0.3, -0.25) is 0 Å². The van der Waals surface area contributed by atoms with Gasteiger partial charge in [0.2, 0.25) is 0 Å². The van der Waals surface area contributed by atoms with Gasteiger partial charge in [-0.25, -0.2) is 9.67 Å². The fourth-order valence-electron chi connectivity index (χ4n) is 0.854. The van der Waals surface area contributed by atoms with Crippen molar-refractivity contribution >= 4 is 12.2 Å². The molecule has 4 heteroatoms. The van der Waals surface area contributed by atoms with E-state index in [1.165, 1.54) is 0 Å². The van der Waals surface area contributed by atoms with Crippen molar-refractivity contribution in [1.29, 1.82) is 0 Å². The SMILES string of the molecule is CCn1nccc1N=CN(C)C. The molecule has 0 saturated carbocycles. The van der Waals surface area contributed by atoms with E-state index in [1.807, 2.05) is 36.7 Å². The molecule has 1 heterocycles. The number of nitrogens with zero attached hydrogens (tertiary/aromatic N) is 4. The lowest BCUT2D eigenvalue weighted by Crippen LogP contribution is -2.07. The molecule has 0 aliphatic rings. The lowest BCUT2D eigenvalue weighted by Gasteiger charge is -2.02. The second-order valence-electron chi connectivity index (χ2n) is 2.71. The van der Waals surface area contributed by atoms with Gasteiger partial charge in [0.1, 0.15) is 0 Å². The molecule has 0 bridgehead atoms. The smallest absolute Gasteiger partial charge is 0.152 e. The van der Waals surface area contributed by atoms with Gasteiger partial charge in [0, 0.05) is 26.7 Å². The third kappa shape index (κ3) is 2.08. The first-order valence-corrected chi connectivity index (χ1v) is 3.96. The Hall–Kier alpha value is -1.32. The van der Waals surface area contributed by atoms with E-state index in [2.05, 4.69) is 10.1 Å². The summed E-state index contributed by atoms with van der Waals surface area (Å²) in [5.41, 5.74) is 0. The summed E-state index contributed by atoms with van der Waals surface area (Å²) in [6.45, 7) is 2.90. The Morgan fingerprint density at radius 1 is 1.67 bits per heavy atom. The summed E-state index contributed by atoms with van der Waals surface area (Å²) >= 11 is 0. The van der Waals surface area contributed by atoms with Crippen molar-refractivity contribution in [3.05, 3.63) is 12.3 Å². The average Bonchev–Trinajstić information content (AvgIpc) is 2.47. The van der Waals surface area contributed by atoms with Crippen molar-refractivity contribution in [1.82, 2.24) is 14.7 Å². The van der Waals surface area contributed by atoms with Crippen LogP contribution in [0.25, 0.3) is 0 Å². The molecular formula is C8H14N4. The van der Waals surface area contributed by atoms with Crippen molar-refractivity contribution in [2.45, 2.75) is 13.5 Å². The summed E-state index contributed by atoms with van der Waals surface area (Å²) in [5.74, 6) is 0.895. The predicted octanol–water partition coefficient (Wildman–Crippen LogP) is 1.12. The van der Waals surface area contributed by atoms with Crippen LogP contribution >= 0.6 is 0 Å². The maximum atomic E-state index is 4.24. The molecule has 0 atom stereocenters. The second kappa shape index (κ2) is 3.90. The molecule has 0 radical (unpaired) electrons. The van der Waals surface area contributed by atoms with Crippen LogP contribution in [0.15, 0.2) is 17.3 Å². The molecule has 1 aromatic rings. The first kappa shape index (κ1) is 8.77. The second-order valence-corrected chi connectivity index (χ2v) is 2.71. The highest BCUT2D eigenvalue weighted by atomic mass is 15.3. The fraction of sp³-hybridized carbons (Fsp3) is 0.500. The van der Waals surface area contributed by atoms with E-state index in [4.69, 9.17) is 0 Å². The molecule has 66 valence electrons. The van der Waals surface area contributed by atoms with Crippen molar-refractivity contribution < 1.29 is 0 Å². The highest BCUT2D eigenvalue weighted by Gasteiger charge is 1.95. The molecule has 0 saturated heterocycles. The van der Waals surface area contributed by atoms with E-state index in [9.17, 15) is 0 Å². The van der Waals surface area contributed by atoms with Crippen LogP contribution in [0.2, 0.25) is 0 Å². The molecule has 0 fully saturated rings. The monoisotopic (exact) mass is 166 g/mol. The molecule has 1 aromatic heterocycles. The Morgan fingerprint density at radius 3 is 3.00 bits per heavy atom. The number of aromatic nitrogens is 2. The van der Waals surface area contributed by atoms with Gasteiger partial charge in [-0.2, -0.15) is 5.10 Å². The van der Waals surface area contributed by atoms with Gasteiger partial charge in [-0.15, -0.1) is 0 Å². The van der Waals surface area contributed by atoms with Crippen LogP contribution in [0.1, 0.15) is 6.92 Å². The van der Waals surface area contributed by atoms with E-state index in [0.29, 0.717) is 0 Å². The van der Waals surface area contributed by atoms with Gasteiger partial charge < -0.3 is 4.90 Å². The molecule has 0 spiro atoms. The Balaban J connectivity index is 2.74. The zero-order valence-electron chi connectivity index (χ0n) is 7.73. The summed E-state index contributed by atoms with van der Waals surface area (Å²) < 4.78 is 1.85. The van der Waals surface area contributed by atoms with Crippen LogP contribution in [0, 0.1) is 0 Å². The predicted molar refractivity (Wildman–Crippen MR) is 49.7 cm³/mol. The quantitative estimate of drug-likeness (QED) is 0.498. The van der Waals surface area contributed by atoms with Crippen LogP contribution in [0.4, 0.5) is 5.82 Å². The van der Waals surface area contributed by atoms with Gasteiger partial charge in [-0.05, 0) is 6.92 Å². The van der Waals surface area contributed by atoms with Gasteiger partial charge in [0.15, 0.2) is 5.82 Å². The van der Waals surface area contributed by atoms with Gasteiger partial charge >= 0.3 is 0 Å². The molecule has 0 aliphatic heterocycles. The maximum absolute atomic E-state index is 4.24. The van der Waals surface area contributed by atoms with Crippen LogP contribution in [-0.2, 0) is 6.54 Å². The van der Waals surface area contributed by atoms with Crippen LogP contribution < -0.4 is 0 Å². The normalized spacial score (nSPS) is 10.9. The summed E-state index contributed by atoms with van der Waals surface area (Å²) in [5, 5.41) is 4.10. The molecule has 0 amide bonds. The van der Waals surface area contributed by atoms with E-state index in [0.717, 1.165) is 12.4 Å². The maximum Gasteiger partial charge on any atom is 0.152 e. The van der Waals surface area contributed by atoms with E-state index >= 15 is 0 Å². The van der Waals surface area contributed by atoms with Crippen LogP contribution in [-0.4, -0.2) is 35.1 Å². The summed E-state index contributed by atoms with van der Waals surface area (Å²) in [6, 6.07) is 1.89. The van der Waals surface area contributed by atoms with Crippen molar-refractivity contribution in [2.24, 2.45) is 4.99 Å². The number of hydrogen-bond acceptors (Lipinski definition) is 2. The van der Waals surface area contributed by atoms with Crippen molar-refractivity contribution in [3.63, 3.8) is 0 Å². The molecule has 1 rings (SSSR count). The highest BCUT2D eigenvalue weighted by molar-refractivity contribution is 5.58. The zero-order valence-corrected chi connectivity index (χ0v) is 7.73. The minimum Gasteiger partial charge on any atom is -0.369 e. The van der Waals surface area contributed by atoms with Crippen molar-refractivity contribution in [3.8, 4) is 0 Å². The fourth-order valence-corrected chi connectivity index (χ4v) is 0.854. The Kier molecular flexibility index (Phi) is 2.85. The molecule has 4 nitrogen and oxygen atoms in total. The molecular weight excluding hydrogens is 152 g/mol. The lowest BCUT2D eigenvalue weighted by molar-refractivity contribution is 0.635. The first-order chi connectivity index (χ1) is 5.74. The van der Waals surface area contributed by atoms with Crippen LogP contribution in [0.5, 0.6) is 0 Å². The number of aliphatic imine (C=N–C) groups is 1. The van der Waals surface area contributed by atoms with E-state index < -0.39 is 0 Å².